The zero-order chi connectivity index (χ0) is 13.9. The molecular formula is C11H12F3N5. The van der Waals surface area contributed by atoms with Crippen molar-refractivity contribution >= 4 is 5.82 Å². The van der Waals surface area contributed by atoms with Crippen molar-refractivity contribution in [3.05, 3.63) is 35.3 Å². The number of H-pyrrole nitrogens is 1. The lowest BCUT2D eigenvalue weighted by Gasteiger charge is -2.12. The molecule has 0 aliphatic heterocycles. The van der Waals surface area contributed by atoms with Gasteiger partial charge < -0.3 is 5.32 Å². The predicted molar refractivity (Wildman–Crippen MR) is 62.6 cm³/mol. The molecule has 8 heteroatoms. The number of nitrogens with zero attached hydrogens (tertiary/aromatic N) is 3. The van der Waals surface area contributed by atoms with Crippen LogP contribution in [0.4, 0.5) is 19.0 Å². The molecule has 0 aromatic carbocycles. The van der Waals surface area contributed by atoms with E-state index >= 15 is 0 Å². The van der Waals surface area contributed by atoms with Gasteiger partial charge in [-0.25, -0.2) is 0 Å². The molecular weight excluding hydrogens is 259 g/mol. The smallest absolute Gasteiger partial charge is 0.368 e. The SMILES string of the molecule is Cc1cc(C(F)(F)F)c(NCCc2ccn[nH]2)nn1. The van der Waals surface area contributed by atoms with Crippen LogP contribution in [0, 0.1) is 6.92 Å². The molecule has 2 aromatic rings. The van der Waals surface area contributed by atoms with E-state index in [-0.39, 0.29) is 11.5 Å². The topological polar surface area (TPSA) is 66.5 Å². The van der Waals surface area contributed by atoms with Crippen molar-refractivity contribution in [3.8, 4) is 0 Å². The monoisotopic (exact) mass is 271 g/mol. The van der Waals surface area contributed by atoms with E-state index in [0.717, 1.165) is 11.8 Å². The lowest BCUT2D eigenvalue weighted by atomic mass is 10.2. The molecule has 2 rings (SSSR count). The zero-order valence-corrected chi connectivity index (χ0v) is 10.1. The first-order chi connectivity index (χ1) is 8.97. The molecule has 0 aliphatic carbocycles. The summed E-state index contributed by atoms with van der Waals surface area (Å²) in [6.07, 6.45) is -2.34. The number of alkyl halides is 3. The number of aryl methyl sites for hydroxylation is 1. The van der Waals surface area contributed by atoms with Crippen molar-refractivity contribution in [2.75, 3.05) is 11.9 Å². The molecule has 2 aromatic heterocycles. The highest BCUT2D eigenvalue weighted by molar-refractivity contribution is 5.45. The predicted octanol–water partition coefficient (Wildman–Crippen LogP) is 2.18. The van der Waals surface area contributed by atoms with Gasteiger partial charge >= 0.3 is 6.18 Å². The second-order valence-corrected chi connectivity index (χ2v) is 4.00. The number of nitrogens with one attached hydrogen (secondary N) is 2. The fraction of sp³-hybridized carbons (Fsp3) is 0.364. The number of aromatic amines is 1. The lowest BCUT2D eigenvalue weighted by Crippen LogP contribution is -2.15. The summed E-state index contributed by atoms with van der Waals surface area (Å²) in [4.78, 5) is 0. The number of rotatable bonds is 4. The fourth-order valence-corrected chi connectivity index (χ4v) is 1.58. The van der Waals surface area contributed by atoms with Crippen molar-refractivity contribution in [1.29, 1.82) is 0 Å². The van der Waals surface area contributed by atoms with Gasteiger partial charge in [0.2, 0.25) is 0 Å². The van der Waals surface area contributed by atoms with Gasteiger partial charge in [0.1, 0.15) is 5.56 Å². The largest absolute Gasteiger partial charge is 0.420 e. The summed E-state index contributed by atoms with van der Waals surface area (Å²) in [5.41, 5.74) is 0.261. The highest BCUT2D eigenvalue weighted by atomic mass is 19.4. The van der Waals surface area contributed by atoms with E-state index in [9.17, 15) is 13.2 Å². The molecule has 0 radical (unpaired) electrons. The van der Waals surface area contributed by atoms with Crippen LogP contribution in [0.25, 0.3) is 0 Å². The Hall–Kier alpha value is -2.12. The van der Waals surface area contributed by atoms with Crippen LogP contribution < -0.4 is 5.32 Å². The standard InChI is InChI=1S/C11H12F3N5/c1-7-6-9(11(12,13)14)10(19-17-7)15-4-2-8-3-5-16-18-8/h3,5-6H,2,4H2,1H3,(H,15,19)(H,16,18). The molecule has 2 heterocycles. The molecule has 0 amide bonds. The minimum absolute atomic E-state index is 0.228. The summed E-state index contributed by atoms with van der Waals surface area (Å²) in [6, 6.07) is 2.73. The molecule has 0 saturated carbocycles. The highest BCUT2D eigenvalue weighted by Gasteiger charge is 2.34. The van der Waals surface area contributed by atoms with Gasteiger partial charge in [-0.3, -0.25) is 5.10 Å². The number of aromatic nitrogens is 4. The van der Waals surface area contributed by atoms with Crippen LogP contribution in [-0.4, -0.2) is 26.9 Å². The van der Waals surface area contributed by atoms with E-state index in [4.69, 9.17) is 0 Å². The molecule has 0 saturated heterocycles. The summed E-state index contributed by atoms with van der Waals surface area (Å²) in [6.45, 7) is 1.78. The molecule has 102 valence electrons. The molecule has 0 atom stereocenters. The summed E-state index contributed by atoms with van der Waals surface area (Å²) < 4.78 is 38.4. The molecule has 19 heavy (non-hydrogen) atoms. The molecule has 0 aliphatic rings. The Morgan fingerprint density at radius 3 is 2.74 bits per heavy atom. The summed E-state index contributed by atoms with van der Waals surface area (Å²) >= 11 is 0. The minimum Gasteiger partial charge on any atom is -0.368 e. The van der Waals surface area contributed by atoms with Gasteiger partial charge in [-0.2, -0.15) is 23.4 Å². The van der Waals surface area contributed by atoms with Gasteiger partial charge in [0.15, 0.2) is 5.82 Å². The Labute approximate surface area is 107 Å². The third kappa shape index (κ3) is 3.43. The van der Waals surface area contributed by atoms with E-state index in [1.807, 2.05) is 0 Å². The highest BCUT2D eigenvalue weighted by Crippen LogP contribution is 2.33. The van der Waals surface area contributed by atoms with Crippen molar-refractivity contribution in [3.63, 3.8) is 0 Å². The molecule has 0 unspecified atom stereocenters. The van der Waals surface area contributed by atoms with Crippen molar-refractivity contribution in [2.24, 2.45) is 0 Å². The van der Waals surface area contributed by atoms with E-state index < -0.39 is 11.7 Å². The maximum absolute atomic E-state index is 12.8. The number of anilines is 1. The van der Waals surface area contributed by atoms with Gasteiger partial charge in [-0.15, -0.1) is 5.10 Å². The number of halogens is 3. The molecule has 2 N–H and O–H groups in total. The molecule has 0 spiro atoms. The fourth-order valence-electron chi connectivity index (χ4n) is 1.58. The second-order valence-electron chi connectivity index (χ2n) is 4.00. The van der Waals surface area contributed by atoms with Crippen LogP contribution in [0.15, 0.2) is 18.3 Å². The van der Waals surface area contributed by atoms with Crippen LogP contribution in [0.1, 0.15) is 17.0 Å². The normalized spacial score (nSPS) is 11.6. The van der Waals surface area contributed by atoms with Crippen LogP contribution in [-0.2, 0) is 12.6 Å². The van der Waals surface area contributed by atoms with E-state index in [1.165, 1.54) is 6.92 Å². The Bertz CT molecular complexity index is 536. The van der Waals surface area contributed by atoms with E-state index in [0.29, 0.717) is 13.0 Å². The first kappa shape index (κ1) is 13.3. The minimum atomic E-state index is -4.45. The van der Waals surface area contributed by atoms with Crippen LogP contribution in [0.5, 0.6) is 0 Å². The maximum Gasteiger partial charge on any atom is 0.420 e. The van der Waals surface area contributed by atoms with Gasteiger partial charge in [0.05, 0.1) is 5.69 Å². The van der Waals surface area contributed by atoms with Crippen LogP contribution in [0.3, 0.4) is 0 Å². The van der Waals surface area contributed by atoms with Crippen molar-refractivity contribution in [1.82, 2.24) is 20.4 Å². The van der Waals surface area contributed by atoms with Crippen molar-refractivity contribution < 1.29 is 13.2 Å². The maximum atomic E-state index is 12.8. The Balaban J connectivity index is 2.07. The van der Waals surface area contributed by atoms with Crippen LogP contribution in [0.2, 0.25) is 0 Å². The molecule has 5 nitrogen and oxygen atoms in total. The van der Waals surface area contributed by atoms with Gasteiger partial charge in [0.25, 0.3) is 0 Å². The number of hydrogen-bond acceptors (Lipinski definition) is 4. The Morgan fingerprint density at radius 1 is 1.32 bits per heavy atom. The average Bonchev–Trinajstić information content (AvgIpc) is 2.83. The Kier molecular flexibility index (Phi) is 3.68. The van der Waals surface area contributed by atoms with Gasteiger partial charge in [0, 0.05) is 24.9 Å². The summed E-state index contributed by atoms with van der Waals surface area (Å²) in [7, 11) is 0. The first-order valence-corrected chi connectivity index (χ1v) is 5.60. The quantitative estimate of drug-likeness (QED) is 0.894. The van der Waals surface area contributed by atoms with Crippen LogP contribution >= 0.6 is 0 Å². The second kappa shape index (κ2) is 5.25. The van der Waals surface area contributed by atoms with Gasteiger partial charge in [-0.05, 0) is 19.1 Å². The average molecular weight is 271 g/mol. The molecule has 0 bridgehead atoms. The third-order valence-corrected chi connectivity index (χ3v) is 2.47. The van der Waals surface area contributed by atoms with E-state index in [1.54, 1.807) is 12.3 Å². The Morgan fingerprint density at radius 2 is 2.11 bits per heavy atom. The number of hydrogen-bond donors (Lipinski definition) is 2. The summed E-state index contributed by atoms with van der Waals surface area (Å²) in [5.74, 6) is -0.252. The van der Waals surface area contributed by atoms with Gasteiger partial charge in [-0.1, -0.05) is 0 Å². The third-order valence-electron chi connectivity index (χ3n) is 2.47. The summed E-state index contributed by atoms with van der Waals surface area (Å²) in [5, 5.41) is 16.3. The van der Waals surface area contributed by atoms with E-state index in [2.05, 4.69) is 25.7 Å². The lowest BCUT2D eigenvalue weighted by molar-refractivity contribution is -0.137. The first-order valence-electron chi connectivity index (χ1n) is 5.60. The molecule has 0 fully saturated rings. The van der Waals surface area contributed by atoms with Crippen molar-refractivity contribution in [2.45, 2.75) is 19.5 Å². The zero-order valence-electron chi connectivity index (χ0n) is 10.1.